The molecular weight excluding hydrogens is 470 g/mol. The lowest BCUT2D eigenvalue weighted by Gasteiger charge is -2.23. The van der Waals surface area contributed by atoms with Gasteiger partial charge in [-0.05, 0) is 37.6 Å². The molecule has 0 saturated heterocycles. The molecule has 0 radical (unpaired) electrons. The Kier molecular flexibility index (Phi) is 7.86. The predicted octanol–water partition coefficient (Wildman–Crippen LogP) is 3.99. The second-order valence-corrected chi connectivity index (χ2v) is 8.27. The van der Waals surface area contributed by atoms with Gasteiger partial charge in [0, 0.05) is 19.5 Å². The van der Waals surface area contributed by atoms with Gasteiger partial charge in [-0.15, -0.1) is 0 Å². The number of anilines is 1. The van der Waals surface area contributed by atoms with Crippen LogP contribution in [0.15, 0.2) is 61.5 Å². The molecule has 0 aromatic carbocycles. The van der Waals surface area contributed by atoms with Crippen LogP contribution in [0.25, 0.3) is 16.9 Å². The van der Waals surface area contributed by atoms with Crippen LogP contribution >= 0.6 is 11.6 Å². The highest BCUT2D eigenvalue weighted by Crippen LogP contribution is 2.27. The minimum atomic E-state index is -0.600. The highest BCUT2D eigenvalue weighted by atomic mass is 35.5. The van der Waals surface area contributed by atoms with E-state index in [-0.39, 0.29) is 12.7 Å². The number of hydrogen-bond donors (Lipinski definition) is 1. The first kappa shape index (κ1) is 24.5. The fourth-order valence-corrected chi connectivity index (χ4v) is 3.47. The fourth-order valence-electron chi connectivity index (χ4n) is 3.27. The average molecular weight is 496 g/mol. The number of halogens is 1. The van der Waals surface area contributed by atoms with E-state index in [1.54, 1.807) is 42.5 Å². The van der Waals surface area contributed by atoms with E-state index in [2.05, 4.69) is 36.9 Å². The Labute approximate surface area is 208 Å². The number of pyridine rings is 2. The number of rotatable bonds is 11. The number of hydrogen-bond acceptors (Lipinski definition) is 9. The van der Waals surface area contributed by atoms with Gasteiger partial charge in [0.1, 0.15) is 17.5 Å². The summed E-state index contributed by atoms with van der Waals surface area (Å²) in [5, 5.41) is 8.64. The lowest BCUT2D eigenvalue weighted by Crippen LogP contribution is -2.32. The molecule has 0 saturated carbocycles. The van der Waals surface area contributed by atoms with E-state index in [1.807, 2.05) is 26.0 Å². The maximum absolute atomic E-state index is 6.31. The third-order valence-corrected chi connectivity index (χ3v) is 5.34. The highest BCUT2D eigenvalue weighted by molar-refractivity contribution is 6.32. The molecule has 0 aliphatic carbocycles. The van der Waals surface area contributed by atoms with Crippen LogP contribution in [-0.2, 0) is 9.47 Å². The SMILES string of the molecule is C=C(Nc1ccc(C)cn1)[C@H](CO[C@H](C)COC)Oc1ncnc2c1cnn2-c1ncccc1Cl. The van der Waals surface area contributed by atoms with E-state index in [1.165, 1.54) is 6.33 Å². The Morgan fingerprint density at radius 3 is 2.74 bits per heavy atom. The summed E-state index contributed by atoms with van der Waals surface area (Å²) in [6, 6.07) is 7.31. The van der Waals surface area contributed by atoms with Gasteiger partial charge in [-0.2, -0.15) is 9.78 Å². The van der Waals surface area contributed by atoms with Crippen molar-refractivity contribution in [3.05, 3.63) is 72.0 Å². The van der Waals surface area contributed by atoms with Crippen LogP contribution in [0.4, 0.5) is 5.82 Å². The van der Waals surface area contributed by atoms with Crippen LogP contribution in [0, 0.1) is 6.92 Å². The van der Waals surface area contributed by atoms with Crippen molar-refractivity contribution in [2.24, 2.45) is 0 Å². The molecule has 182 valence electrons. The van der Waals surface area contributed by atoms with Gasteiger partial charge in [0.25, 0.3) is 0 Å². The van der Waals surface area contributed by atoms with E-state index < -0.39 is 6.10 Å². The Hall–Kier alpha value is -3.60. The molecule has 0 amide bonds. The summed E-state index contributed by atoms with van der Waals surface area (Å²) in [5.41, 5.74) is 2.11. The fraction of sp³-hybridized carbons (Fsp3) is 0.292. The summed E-state index contributed by atoms with van der Waals surface area (Å²) >= 11 is 6.31. The van der Waals surface area contributed by atoms with Crippen LogP contribution in [-0.4, -0.2) is 62.2 Å². The topological polar surface area (TPSA) is 109 Å². The summed E-state index contributed by atoms with van der Waals surface area (Å²) in [7, 11) is 1.63. The van der Waals surface area contributed by atoms with Crippen molar-refractivity contribution in [1.82, 2.24) is 29.7 Å². The zero-order valence-electron chi connectivity index (χ0n) is 19.7. The molecule has 0 bridgehead atoms. The number of fused-ring (bicyclic) bond motifs is 1. The van der Waals surface area contributed by atoms with Crippen molar-refractivity contribution < 1.29 is 14.2 Å². The molecule has 0 fully saturated rings. The van der Waals surface area contributed by atoms with Gasteiger partial charge in [-0.1, -0.05) is 24.2 Å². The zero-order chi connectivity index (χ0) is 24.8. The van der Waals surface area contributed by atoms with Gasteiger partial charge in [-0.3, -0.25) is 0 Å². The number of aromatic nitrogens is 6. The van der Waals surface area contributed by atoms with Crippen molar-refractivity contribution in [2.75, 3.05) is 25.6 Å². The molecule has 4 aromatic heterocycles. The van der Waals surface area contributed by atoms with Crippen LogP contribution in [0.2, 0.25) is 5.02 Å². The Morgan fingerprint density at radius 2 is 2.00 bits per heavy atom. The van der Waals surface area contributed by atoms with Crippen molar-refractivity contribution in [3.63, 3.8) is 0 Å². The second kappa shape index (κ2) is 11.2. The van der Waals surface area contributed by atoms with Crippen LogP contribution in [0.1, 0.15) is 12.5 Å². The first-order valence-corrected chi connectivity index (χ1v) is 11.3. The largest absolute Gasteiger partial charge is 0.465 e. The zero-order valence-corrected chi connectivity index (χ0v) is 20.4. The molecule has 4 aromatic rings. The van der Waals surface area contributed by atoms with Gasteiger partial charge < -0.3 is 19.5 Å². The van der Waals surface area contributed by atoms with Crippen LogP contribution < -0.4 is 10.1 Å². The third-order valence-electron chi connectivity index (χ3n) is 5.04. The molecule has 2 atom stereocenters. The normalized spacial score (nSPS) is 12.9. The van der Waals surface area contributed by atoms with Gasteiger partial charge in [0.15, 0.2) is 17.6 Å². The summed E-state index contributed by atoms with van der Waals surface area (Å²) in [6.07, 6.45) is 5.67. The third kappa shape index (κ3) is 5.91. The molecule has 0 spiro atoms. The van der Waals surface area contributed by atoms with Crippen molar-refractivity contribution in [3.8, 4) is 11.7 Å². The van der Waals surface area contributed by atoms with Gasteiger partial charge in [0.2, 0.25) is 5.88 Å². The molecule has 4 rings (SSSR count). The van der Waals surface area contributed by atoms with Gasteiger partial charge in [0.05, 0.1) is 36.2 Å². The molecular formula is C24H26ClN7O3. The molecule has 35 heavy (non-hydrogen) atoms. The number of nitrogens with one attached hydrogen (secondary N) is 1. The maximum Gasteiger partial charge on any atom is 0.228 e. The predicted molar refractivity (Wildman–Crippen MR) is 133 cm³/mol. The second-order valence-electron chi connectivity index (χ2n) is 7.86. The number of methoxy groups -OCH3 is 1. The number of nitrogens with zero attached hydrogens (tertiary/aromatic N) is 6. The summed E-state index contributed by atoms with van der Waals surface area (Å²) < 4.78 is 18.9. The average Bonchev–Trinajstić information content (AvgIpc) is 3.28. The Bertz CT molecular complexity index is 1300. The quantitative estimate of drug-likeness (QED) is 0.330. The maximum atomic E-state index is 6.31. The lowest BCUT2D eigenvalue weighted by molar-refractivity contribution is -0.0176. The van der Waals surface area contributed by atoms with Crippen LogP contribution in [0.3, 0.4) is 0 Å². The van der Waals surface area contributed by atoms with Gasteiger partial charge >= 0.3 is 0 Å². The molecule has 0 unspecified atom stereocenters. The summed E-state index contributed by atoms with van der Waals surface area (Å²) in [4.78, 5) is 17.4. The smallest absolute Gasteiger partial charge is 0.228 e. The highest BCUT2D eigenvalue weighted by Gasteiger charge is 2.22. The van der Waals surface area contributed by atoms with E-state index in [9.17, 15) is 0 Å². The Morgan fingerprint density at radius 1 is 1.14 bits per heavy atom. The van der Waals surface area contributed by atoms with Crippen LogP contribution in [0.5, 0.6) is 5.88 Å². The van der Waals surface area contributed by atoms with E-state index in [0.717, 1.165) is 5.56 Å². The molecule has 0 aliphatic rings. The molecule has 1 N–H and O–H groups in total. The number of aryl methyl sites for hydroxylation is 1. The van der Waals surface area contributed by atoms with Crippen molar-refractivity contribution >= 4 is 28.5 Å². The summed E-state index contributed by atoms with van der Waals surface area (Å²) in [6.45, 7) is 8.70. The van der Waals surface area contributed by atoms with Crippen molar-refractivity contribution in [1.29, 1.82) is 0 Å². The van der Waals surface area contributed by atoms with E-state index in [4.69, 9.17) is 25.8 Å². The monoisotopic (exact) mass is 495 g/mol. The van der Waals surface area contributed by atoms with E-state index in [0.29, 0.717) is 45.9 Å². The lowest BCUT2D eigenvalue weighted by atomic mass is 10.2. The van der Waals surface area contributed by atoms with Gasteiger partial charge in [-0.25, -0.2) is 19.9 Å². The summed E-state index contributed by atoms with van der Waals surface area (Å²) in [5.74, 6) is 1.42. The number of ether oxygens (including phenoxy) is 3. The Balaban J connectivity index is 1.61. The first-order valence-electron chi connectivity index (χ1n) is 10.9. The van der Waals surface area contributed by atoms with Crippen molar-refractivity contribution in [2.45, 2.75) is 26.1 Å². The van der Waals surface area contributed by atoms with E-state index >= 15 is 0 Å². The standard InChI is InChI=1S/C24H26ClN7O3/c1-15-7-8-21(27-10-15)31-17(3)20(13-34-16(2)12-33-4)35-24-18-11-30-32(22(18)28-14-29-24)23-19(25)6-5-9-26-23/h5-11,14,16,20H,3,12-13H2,1-2,4H3,(H,27,31)/t16-,20+/m1/s1. The minimum Gasteiger partial charge on any atom is -0.465 e. The molecule has 4 heterocycles. The minimum absolute atomic E-state index is 0.143. The first-order chi connectivity index (χ1) is 17.0. The molecule has 10 nitrogen and oxygen atoms in total. The molecule has 0 aliphatic heterocycles. The molecule has 11 heteroatoms.